The second-order valence-electron chi connectivity index (χ2n) is 10.7. The van der Waals surface area contributed by atoms with Crippen LogP contribution in [-0.2, 0) is 13.0 Å². The zero-order valence-corrected chi connectivity index (χ0v) is 18.1. The molecular formula is C23H31ClN2O2. The smallest absolute Gasteiger partial charge is 0.253 e. The van der Waals surface area contributed by atoms with Gasteiger partial charge in [-0.05, 0) is 48.6 Å². The van der Waals surface area contributed by atoms with Crippen molar-refractivity contribution in [3.63, 3.8) is 0 Å². The third-order valence-corrected chi connectivity index (χ3v) is 9.00. The first-order chi connectivity index (χ1) is 13.1. The van der Waals surface area contributed by atoms with Crippen molar-refractivity contribution in [2.75, 3.05) is 0 Å². The highest BCUT2D eigenvalue weighted by molar-refractivity contribution is 6.34. The van der Waals surface area contributed by atoms with Crippen LogP contribution < -0.4 is 15.8 Å². The molecule has 5 atom stereocenters. The summed E-state index contributed by atoms with van der Waals surface area (Å²) in [4.78, 5) is 12.3. The van der Waals surface area contributed by atoms with Gasteiger partial charge in [-0.1, -0.05) is 39.3 Å². The number of benzene rings is 1. The number of amides is 1. The number of carbonyl (C=O) groups is 1. The maximum atomic E-state index is 12.3. The molecule has 2 fully saturated rings. The zero-order chi connectivity index (χ0) is 20.1. The first kappa shape index (κ1) is 18.7. The van der Waals surface area contributed by atoms with Gasteiger partial charge >= 0.3 is 0 Å². The van der Waals surface area contributed by atoms with E-state index in [0.29, 0.717) is 29.0 Å². The number of nitrogens with two attached hydrogens (primary N) is 1. The molecule has 2 aliphatic carbocycles. The average Bonchev–Trinajstić information content (AvgIpc) is 2.97. The largest absolute Gasteiger partial charge is 0.486 e. The van der Waals surface area contributed by atoms with E-state index < -0.39 is 0 Å². The minimum Gasteiger partial charge on any atom is -0.486 e. The Kier molecular flexibility index (Phi) is 3.79. The fourth-order valence-electron chi connectivity index (χ4n) is 7.26. The summed E-state index contributed by atoms with van der Waals surface area (Å²) in [5, 5.41) is 3.48. The van der Waals surface area contributed by atoms with Crippen molar-refractivity contribution in [3.8, 4) is 5.75 Å². The van der Waals surface area contributed by atoms with Crippen molar-refractivity contribution in [2.24, 2.45) is 28.4 Å². The van der Waals surface area contributed by atoms with E-state index in [1.165, 1.54) is 12.8 Å². The molecule has 0 saturated heterocycles. The quantitative estimate of drug-likeness (QED) is 0.673. The fraction of sp³-hybridized carbons (Fsp3) is 0.696. The highest BCUT2D eigenvalue weighted by atomic mass is 35.5. The Morgan fingerprint density at radius 1 is 1.25 bits per heavy atom. The Bertz CT molecular complexity index is 882. The van der Waals surface area contributed by atoms with Crippen LogP contribution in [0.2, 0.25) is 5.02 Å². The number of fused-ring (bicyclic) bond motifs is 3. The maximum absolute atomic E-state index is 12.3. The van der Waals surface area contributed by atoms with Gasteiger partial charge in [0.2, 0.25) is 0 Å². The van der Waals surface area contributed by atoms with Crippen molar-refractivity contribution < 1.29 is 9.53 Å². The van der Waals surface area contributed by atoms with Crippen LogP contribution in [0.1, 0.15) is 74.9 Å². The van der Waals surface area contributed by atoms with E-state index in [1.54, 1.807) is 0 Å². The summed E-state index contributed by atoms with van der Waals surface area (Å²) in [6.45, 7) is 10.0. The number of rotatable bonds is 0. The topological polar surface area (TPSA) is 64.3 Å². The van der Waals surface area contributed by atoms with Crippen molar-refractivity contribution in [2.45, 2.75) is 78.0 Å². The molecule has 3 N–H and O–H groups in total. The molecule has 4 nitrogen and oxygen atoms in total. The van der Waals surface area contributed by atoms with Gasteiger partial charge in [-0.3, -0.25) is 4.79 Å². The Labute approximate surface area is 172 Å². The van der Waals surface area contributed by atoms with Gasteiger partial charge in [0.25, 0.3) is 5.91 Å². The van der Waals surface area contributed by atoms with E-state index in [0.717, 1.165) is 36.1 Å². The molecule has 2 aliphatic heterocycles. The lowest BCUT2D eigenvalue weighted by Crippen LogP contribution is -2.70. The van der Waals surface area contributed by atoms with Crippen LogP contribution in [0.5, 0.6) is 5.75 Å². The van der Waals surface area contributed by atoms with Gasteiger partial charge in [-0.2, -0.15) is 0 Å². The third-order valence-electron chi connectivity index (χ3n) is 8.70. The van der Waals surface area contributed by atoms with Gasteiger partial charge in [0.05, 0.1) is 10.6 Å². The summed E-state index contributed by atoms with van der Waals surface area (Å²) in [6, 6.07) is 2.11. The Morgan fingerprint density at radius 2 is 2.00 bits per heavy atom. The number of halogens is 1. The molecule has 1 aromatic rings. The van der Waals surface area contributed by atoms with Gasteiger partial charge < -0.3 is 15.8 Å². The summed E-state index contributed by atoms with van der Waals surface area (Å²) in [7, 11) is 0. The molecular weight excluding hydrogens is 372 g/mol. The molecule has 28 heavy (non-hydrogen) atoms. The third kappa shape index (κ3) is 2.19. The molecule has 0 radical (unpaired) electrons. The second kappa shape index (κ2) is 5.66. The second-order valence-corrected chi connectivity index (χ2v) is 11.1. The fourth-order valence-corrected chi connectivity index (χ4v) is 7.59. The van der Waals surface area contributed by atoms with Crippen molar-refractivity contribution in [1.29, 1.82) is 0 Å². The van der Waals surface area contributed by atoms with Crippen LogP contribution in [0.3, 0.4) is 0 Å². The molecule has 0 unspecified atom stereocenters. The molecule has 5 heteroatoms. The van der Waals surface area contributed by atoms with Crippen molar-refractivity contribution in [1.82, 2.24) is 5.32 Å². The normalized spacial score (nSPS) is 40.5. The maximum Gasteiger partial charge on any atom is 0.253 e. The van der Waals surface area contributed by atoms with Gasteiger partial charge in [0.1, 0.15) is 11.4 Å². The molecule has 5 rings (SSSR count). The van der Waals surface area contributed by atoms with Gasteiger partial charge in [-0.15, -0.1) is 0 Å². The summed E-state index contributed by atoms with van der Waals surface area (Å²) >= 11 is 6.53. The van der Waals surface area contributed by atoms with Crippen LogP contribution in [0.4, 0.5) is 0 Å². The predicted molar refractivity (Wildman–Crippen MR) is 111 cm³/mol. The summed E-state index contributed by atoms with van der Waals surface area (Å²) in [6.07, 6.45) is 5.26. The summed E-state index contributed by atoms with van der Waals surface area (Å²) in [5.74, 6) is 1.82. The average molecular weight is 403 g/mol. The van der Waals surface area contributed by atoms with Crippen molar-refractivity contribution in [3.05, 3.63) is 27.8 Å². The molecule has 0 bridgehead atoms. The van der Waals surface area contributed by atoms with Gasteiger partial charge in [0, 0.05) is 35.9 Å². The van der Waals surface area contributed by atoms with E-state index in [2.05, 4.69) is 33.0 Å². The highest BCUT2D eigenvalue weighted by Gasteiger charge is 2.67. The van der Waals surface area contributed by atoms with Crippen LogP contribution in [0, 0.1) is 22.7 Å². The Hall–Kier alpha value is -1.26. The first-order valence-corrected chi connectivity index (χ1v) is 11.0. The minimum atomic E-state index is -0.286. The lowest BCUT2D eigenvalue weighted by Gasteiger charge is -2.67. The minimum absolute atomic E-state index is 0.00579. The molecule has 1 aromatic carbocycles. The number of hydrogen-bond donors (Lipinski definition) is 2. The number of ether oxygens (including phenoxy) is 1. The van der Waals surface area contributed by atoms with Crippen LogP contribution in [0.15, 0.2) is 6.07 Å². The molecule has 4 aliphatic rings. The highest BCUT2D eigenvalue weighted by Crippen LogP contribution is 2.66. The number of hydrogen-bond acceptors (Lipinski definition) is 3. The molecule has 152 valence electrons. The van der Waals surface area contributed by atoms with E-state index in [-0.39, 0.29) is 28.4 Å². The number of carbonyl (C=O) groups excluding carboxylic acids is 1. The molecule has 2 heterocycles. The lowest BCUT2D eigenvalue weighted by atomic mass is 9.43. The van der Waals surface area contributed by atoms with E-state index >= 15 is 0 Å². The van der Waals surface area contributed by atoms with Crippen LogP contribution in [-0.4, -0.2) is 17.6 Å². The van der Waals surface area contributed by atoms with Crippen LogP contribution >= 0.6 is 11.6 Å². The zero-order valence-electron chi connectivity index (χ0n) is 17.3. The van der Waals surface area contributed by atoms with Crippen LogP contribution in [0.25, 0.3) is 0 Å². The SMILES string of the molecule is C[C@H]1CC[C@H]2C(C)(C)C[C@@H](N)C[C@]23Oc2c(cc(Cl)c4c2CNC4=O)C[C@]13C. The Balaban J connectivity index is 1.74. The van der Waals surface area contributed by atoms with Crippen molar-refractivity contribution >= 4 is 17.5 Å². The Morgan fingerprint density at radius 3 is 2.75 bits per heavy atom. The van der Waals surface area contributed by atoms with E-state index in [9.17, 15) is 4.79 Å². The molecule has 0 aromatic heterocycles. The predicted octanol–water partition coefficient (Wildman–Crippen LogP) is 4.46. The number of nitrogens with one attached hydrogen (secondary N) is 1. The first-order valence-electron chi connectivity index (χ1n) is 10.7. The standard InChI is InChI=1S/C23H31ClN2O2/c1-12-5-6-17-21(2,3)9-14(25)10-23(17)22(12,4)8-13-7-16(24)18-15(19(13)28-23)11-26-20(18)27/h7,12,14,17H,5-6,8-11,25H2,1-4H3,(H,26,27)/t12-,14+,17-,22+,23-/m0/s1. The van der Waals surface area contributed by atoms with Gasteiger partial charge in [0.15, 0.2) is 0 Å². The van der Waals surface area contributed by atoms with Gasteiger partial charge in [-0.25, -0.2) is 0 Å². The monoisotopic (exact) mass is 402 g/mol. The van der Waals surface area contributed by atoms with E-state index in [4.69, 9.17) is 22.1 Å². The molecule has 2 saturated carbocycles. The lowest BCUT2D eigenvalue weighted by molar-refractivity contribution is -0.213. The molecule has 1 amide bonds. The molecule has 1 spiro atoms. The van der Waals surface area contributed by atoms with E-state index in [1.807, 2.05) is 6.07 Å². The summed E-state index contributed by atoms with van der Waals surface area (Å²) < 4.78 is 7.12. The summed E-state index contributed by atoms with van der Waals surface area (Å²) in [5.41, 5.74) is 9.18.